The molecule has 8 nitrogen and oxygen atoms in total. The summed E-state index contributed by atoms with van der Waals surface area (Å²) >= 11 is 0. The average molecular weight is 410 g/mol. The number of carbonyl (C=O) groups is 1. The number of fused-ring (bicyclic) bond motifs is 3. The molecule has 5 aromatic rings. The Balaban J connectivity index is 1.73. The number of para-hydroxylation sites is 1. The summed E-state index contributed by atoms with van der Waals surface area (Å²) in [4.78, 5) is 11.6. The number of rotatable bonds is 5. The van der Waals surface area contributed by atoms with Crippen molar-refractivity contribution >= 4 is 33.8 Å². The number of nitrogens with one attached hydrogen (secondary N) is 1. The molecule has 0 bridgehead atoms. The minimum Gasteiger partial charge on any atom is -0.496 e. The van der Waals surface area contributed by atoms with E-state index in [1.165, 1.54) is 0 Å². The van der Waals surface area contributed by atoms with Crippen LogP contribution in [0.3, 0.4) is 0 Å². The highest BCUT2D eigenvalue weighted by Gasteiger charge is 2.18. The Morgan fingerprint density at radius 2 is 1.74 bits per heavy atom. The summed E-state index contributed by atoms with van der Waals surface area (Å²) in [6, 6.07) is 22.4. The van der Waals surface area contributed by atoms with E-state index in [9.17, 15) is 4.79 Å². The number of hydrogen-bond donors (Lipinski definition) is 2. The lowest BCUT2D eigenvalue weighted by Gasteiger charge is -2.12. The van der Waals surface area contributed by atoms with E-state index in [2.05, 4.69) is 15.5 Å². The number of primary amides is 1. The lowest BCUT2D eigenvalue weighted by molar-refractivity contribution is 0.100. The number of methoxy groups -OCH3 is 1. The molecule has 0 unspecified atom stereocenters. The summed E-state index contributed by atoms with van der Waals surface area (Å²) in [7, 11) is 1.61. The van der Waals surface area contributed by atoms with Gasteiger partial charge in [-0.05, 0) is 30.3 Å². The van der Waals surface area contributed by atoms with Crippen molar-refractivity contribution < 1.29 is 9.53 Å². The summed E-state index contributed by atoms with van der Waals surface area (Å²) in [5.41, 5.74) is 7.94. The molecule has 0 spiro atoms. The van der Waals surface area contributed by atoms with Crippen LogP contribution in [0, 0.1) is 0 Å². The first kappa shape index (κ1) is 18.6. The first-order valence-corrected chi connectivity index (χ1v) is 9.60. The fourth-order valence-electron chi connectivity index (χ4n) is 3.56. The van der Waals surface area contributed by atoms with Crippen molar-refractivity contribution in [2.24, 2.45) is 5.73 Å². The third kappa shape index (κ3) is 3.20. The van der Waals surface area contributed by atoms with E-state index in [1.807, 2.05) is 54.6 Å². The number of aromatic nitrogens is 4. The van der Waals surface area contributed by atoms with Gasteiger partial charge in [-0.15, -0.1) is 15.3 Å². The molecular formula is C23H18N6O2. The van der Waals surface area contributed by atoms with Gasteiger partial charge in [-0.1, -0.05) is 42.5 Å². The van der Waals surface area contributed by atoms with Crippen molar-refractivity contribution in [3.05, 3.63) is 78.4 Å². The van der Waals surface area contributed by atoms with Crippen LogP contribution in [0.1, 0.15) is 10.4 Å². The Labute approximate surface area is 177 Å². The second-order valence-corrected chi connectivity index (χ2v) is 6.92. The summed E-state index contributed by atoms with van der Waals surface area (Å²) in [6.45, 7) is 0. The standard InChI is InChI=1S/C23H18N6O2/c1-31-19-12-5-4-11-18(19)23-27-26-22-17-10-3-2-9-16(17)21(28-29(22)23)25-15-8-6-7-14(13-15)20(24)30/h2-13H,1H3,(H2,24,30)(H,25,28). The molecule has 0 aliphatic carbocycles. The summed E-state index contributed by atoms with van der Waals surface area (Å²) in [5.74, 6) is 1.34. The molecule has 8 heteroatoms. The Hall–Kier alpha value is -4.46. The molecule has 2 aromatic heterocycles. The Kier molecular flexibility index (Phi) is 4.44. The minimum absolute atomic E-state index is 0.411. The van der Waals surface area contributed by atoms with E-state index in [0.717, 1.165) is 16.3 Å². The van der Waals surface area contributed by atoms with E-state index < -0.39 is 5.91 Å². The maximum Gasteiger partial charge on any atom is 0.248 e. The average Bonchev–Trinajstić information content (AvgIpc) is 3.23. The Morgan fingerprint density at radius 3 is 2.55 bits per heavy atom. The fourth-order valence-corrected chi connectivity index (χ4v) is 3.56. The van der Waals surface area contributed by atoms with Crippen LogP contribution in [-0.2, 0) is 0 Å². The number of carbonyl (C=O) groups excluding carboxylic acids is 1. The number of ether oxygens (including phenoxy) is 1. The maximum atomic E-state index is 11.6. The van der Waals surface area contributed by atoms with Crippen molar-refractivity contribution in [3.8, 4) is 17.1 Å². The van der Waals surface area contributed by atoms with E-state index >= 15 is 0 Å². The normalized spacial score (nSPS) is 11.0. The van der Waals surface area contributed by atoms with Gasteiger partial charge in [-0.2, -0.15) is 4.52 Å². The molecule has 1 amide bonds. The Morgan fingerprint density at radius 1 is 0.968 bits per heavy atom. The molecule has 2 heterocycles. The third-order valence-electron chi connectivity index (χ3n) is 5.02. The van der Waals surface area contributed by atoms with Crippen molar-refractivity contribution in [2.75, 3.05) is 12.4 Å². The van der Waals surface area contributed by atoms with Crippen molar-refractivity contribution in [1.82, 2.24) is 19.8 Å². The van der Waals surface area contributed by atoms with E-state index in [-0.39, 0.29) is 0 Å². The first-order chi connectivity index (χ1) is 15.2. The summed E-state index contributed by atoms with van der Waals surface area (Å²) < 4.78 is 7.19. The molecule has 0 saturated heterocycles. The van der Waals surface area contributed by atoms with Crippen LogP contribution >= 0.6 is 0 Å². The zero-order valence-electron chi connectivity index (χ0n) is 16.6. The number of nitrogens with zero attached hydrogens (tertiary/aromatic N) is 4. The van der Waals surface area contributed by atoms with E-state index in [1.54, 1.807) is 29.8 Å². The lowest BCUT2D eigenvalue weighted by Crippen LogP contribution is -2.11. The highest BCUT2D eigenvalue weighted by atomic mass is 16.5. The SMILES string of the molecule is COc1ccccc1-c1nnc2c3ccccc3c(Nc3cccc(C(N)=O)c3)nn12. The minimum atomic E-state index is -0.491. The molecular weight excluding hydrogens is 392 g/mol. The molecule has 5 rings (SSSR count). The van der Waals surface area contributed by atoms with E-state index in [0.29, 0.717) is 34.3 Å². The smallest absolute Gasteiger partial charge is 0.248 e. The molecule has 0 radical (unpaired) electrons. The van der Waals surface area contributed by atoms with Gasteiger partial charge in [0.25, 0.3) is 0 Å². The van der Waals surface area contributed by atoms with Gasteiger partial charge < -0.3 is 15.8 Å². The molecule has 31 heavy (non-hydrogen) atoms. The molecule has 0 aliphatic rings. The number of benzene rings is 3. The molecule has 152 valence electrons. The predicted octanol–water partition coefficient (Wildman–Crippen LogP) is 3.80. The molecule has 0 saturated carbocycles. The summed E-state index contributed by atoms with van der Waals surface area (Å²) in [5, 5.41) is 18.6. The van der Waals surface area contributed by atoms with Crippen LogP contribution in [-0.4, -0.2) is 32.8 Å². The predicted molar refractivity (Wildman–Crippen MR) is 119 cm³/mol. The summed E-state index contributed by atoms with van der Waals surface area (Å²) in [6.07, 6.45) is 0. The van der Waals surface area contributed by atoms with Gasteiger partial charge in [-0.3, -0.25) is 4.79 Å². The highest BCUT2D eigenvalue weighted by Crippen LogP contribution is 2.32. The second kappa shape index (κ2) is 7.42. The number of hydrogen-bond acceptors (Lipinski definition) is 6. The lowest BCUT2D eigenvalue weighted by atomic mass is 10.1. The van der Waals surface area contributed by atoms with Gasteiger partial charge in [0.15, 0.2) is 17.3 Å². The van der Waals surface area contributed by atoms with Crippen LogP contribution in [0.2, 0.25) is 0 Å². The number of nitrogens with two attached hydrogens (primary N) is 1. The molecule has 0 aliphatic heterocycles. The van der Waals surface area contributed by atoms with Crippen LogP contribution < -0.4 is 15.8 Å². The van der Waals surface area contributed by atoms with Crippen molar-refractivity contribution in [3.63, 3.8) is 0 Å². The Bertz CT molecular complexity index is 1440. The zero-order valence-corrected chi connectivity index (χ0v) is 16.6. The van der Waals surface area contributed by atoms with E-state index in [4.69, 9.17) is 15.6 Å². The van der Waals surface area contributed by atoms with Crippen LogP contribution in [0.5, 0.6) is 5.75 Å². The van der Waals surface area contributed by atoms with Gasteiger partial charge in [0.2, 0.25) is 5.91 Å². The number of anilines is 2. The molecule has 0 atom stereocenters. The molecule has 3 aromatic carbocycles. The molecule has 0 fully saturated rings. The topological polar surface area (TPSA) is 107 Å². The van der Waals surface area contributed by atoms with Gasteiger partial charge in [0.05, 0.1) is 12.7 Å². The number of amides is 1. The van der Waals surface area contributed by atoms with Crippen molar-refractivity contribution in [2.45, 2.75) is 0 Å². The zero-order chi connectivity index (χ0) is 21.4. The second-order valence-electron chi connectivity index (χ2n) is 6.92. The van der Waals surface area contributed by atoms with Gasteiger partial charge in [0, 0.05) is 22.0 Å². The molecule has 3 N–H and O–H groups in total. The highest BCUT2D eigenvalue weighted by molar-refractivity contribution is 6.01. The van der Waals surface area contributed by atoms with Gasteiger partial charge in [0.1, 0.15) is 5.75 Å². The van der Waals surface area contributed by atoms with Crippen LogP contribution in [0.25, 0.3) is 27.8 Å². The van der Waals surface area contributed by atoms with Crippen LogP contribution in [0.4, 0.5) is 11.5 Å². The largest absolute Gasteiger partial charge is 0.496 e. The van der Waals surface area contributed by atoms with Crippen molar-refractivity contribution in [1.29, 1.82) is 0 Å². The third-order valence-corrected chi connectivity index (χ3v) is 5.02. The van der Waals surface area contributed by atoms with Gasteiger partial charge >= 0.3 is 0 Å². The quantitative estimate of drug-likeness (QED) is 0.456. The fraction of sp³-hybridized carbons (Fsp3) is 0.0435. The van der Waals surface area contributed by atoms with Gasteiger partial charge in [-0.25, -0.2) is 0 Å². The maximum absolute atomic E-state index is 11.6. The van der Waals surface area contributed by atoms with Crippen LogP contribution in [0.15, 0.2) is 72.8 Å². The monoisotopic (exact) mass is 410 g/mol. The first-order valence-electron chi connectivity index (χ1n) is 9.60.